The number of urea groups is 1. The summed E-state index contributed by atoms with van der Waals surface area (Å²) in [4.78, 5) is 13.7. The molecule has 2 N–H and O–H groups in total. The molecule has 14 heavy (non-hydrogen) atoms. The Morgan fingerprint density at radius 1 is 1.36 bits per heavy atom. The van der Waals surface area contributed by atoms with Gasteiger partial charge in [0.25, 0.3) is 0 Å². The van der Waals surface area contributed by atoms with Crippen molar-refractivity contribution in [3.05, 3.63) is 0 Å². The molecule has 2 amide bonds. The molecule has 1 saturated heterocycles. The average Bonchev–Trinajstić information content (AvgIpc) is 2.07. The summed E-state index contributed by atoms with van der Waals surface area (Å²) in [5, 5.41) is 5.83. The summed E-state index contributed by atoms with van der Waals surface area (Å²) in [6, 6.07) is 0.528. The van der Waals surface area contributed by atoms with Gasteiger partial charge >= 0.3 is 6.03 Å². The first-order valence-corrected chi connectivity index (χ1v) is 5.33. The second-order valence-corrected chi connectivity index (χ2v) is 4.35. The van der Waals surface area contributed by atoms with Crippen molar-refractivity contribution in [1.29, 1.82) is 0 Å². The first-order chi connectivity index (χ1) is 6.58. The molecule has 4 heteroatoms. The van der Waals surface area contributed by atoms with E-state index in [1.807, 2.05) is 13.8 Å². The number of piperidine rings is 1. The van der Waals surface area contributed by atoms with Gasteiger partial charge in [0.05, 0.1) is 0 Å². The molecule has 1 fully saturated rings. The number of hydrogen-bond donors (Lipinski definition) is 2. The lowest BCUT2D eigenvalue weighted by Crippen LogP contribution is -2.48. The molecule has 4 nitrogen and oxygen atoms in total. The van der Waals surface area contributed by atoms with Crippen molar-refractivity contribution in [2.75, 3.05) is 20.1 Å². The summed E-state index contributed by atoms with van der Waals surface area (Å²) < 4.78 is 0. The number of hydrogen-bond acceptors (Lipinski definition) is 2. The molecule has 0 saturated carbocycles. The van der Waals surface area contributed by atoms with Crippen LogP contribution < -0.4 is 10.6 Å². The fraction of sp³-hybridized carbons (Fsp3) is 0.900. The lowest BCUT2D eigenvalue weighted by Gasteiger charge is -2.29. The average molecular weight is 199 g/mol. The summed E-state index contributed by atoms with van der Waals surface area (Å²) in [5.41, 5.74) is 0. The molecule has 0 aromatic carbocycles. The molecule has 0 unspecified atom stereocenters. The van der Waals surface area contributed by atoms with Crippen molar-refractivity contribution >= 4 is 6.03 Å². The Labute approximate surface area is 86.0 Å². The predicted molar refractivity (Wildman–Crippen MR) is 57.3 cm³/mol. The molecule has 0 radical (unpaired) electrons. The number of nitrogens with zero attached hydrogens (tertiary/aromatic N) is 1. The van der Waals surface area contributed by atoms with Crippen LogP contribution in [-0.4, -0.2) is 43.2 Å². The van der Waals surface area contributed by atoms with E-state index in [-0.39, 0.29) is 12.1 Å². The van der Waals surface area contributed by atoms with Crippen LogP contribution in [-0.2, 0) is 0 Å². The van der Waals surface area contributed by atoms with Gasteiger partial charge in [-0.3, -0.25) is 0 Å². The van der Waals surface area contributed by atoms with Crippen molar-refractivity contribution in [2.45, 2.75) is 38.8 Å². The van der Waals surface area contributed by atoms with Crippen molar-refractivity contribution in [2.24, 2.45) is 0 Å². The van der Waals surface area contributed by atoms with Crippen LogP contribution in [0.2, 0.25) is 0 Å². The molecule has 1 rings (SSSR count). The molecule has 0 bridgehead atoms. The molecule has 0 aromatic heterocycles. The molecule has 1 aliphatic heterocycles. The van der Waals surface area contributed by atoms with E-state index in [4.69, 9.17) is 0 Å². The minimum Gasteiger partial charge on any atom is -0.336 e. The highest BCUT2D eigenvalue weighted by Gasteiger charge is 2.18. The number of likely N-dealkylation sites (tertiary alicyclic amines) is 1. The summed E-state index contributed by atoms with van der Waals surface area (Å²) in [6.45, 7) is 6.09. The van der Waals surface area contributed by atoms with Gasteiger partial charge in [0.1, 0.15) is 0 Å². The van der Waals surface area contributed by atoms with E-state index in [0.29, 0.717) is 6.04 Å². The topological polar surface area (TPSA) is 44.4 Å². The van der Waals surface area contributed by atoms with E-state index >= 15 is 0 Å². The fourth-order valence-electron chi connectivity index (χ4n) is 1.64. The van der Waals surface area contributed by atoms with E-state index in [9.17, 15) is 4.79 Å². The van der Waals surface area contributed by atoms with Crippen LogP contribution in [0.5, 0.6) is 0 Å². The largest absolute Gasteiger partial charge is 0.336 e. The summed E-state index contributed by atoms with van der Waals surface area (Å²) in [5.74, 6) is 0. The number of carbonyl (C=O) groups is 1. The Morgan fingerprint density at radius 3 is 2.43 bits per heavy atom. The second-order valence-electron chi connectivity index (χ2n) is 4.35. The monoisotopic (exact) mass is 199 g/mol. The lowest BCUT2D eigenvalue weighted by molar-refractivity contribution is 0.212. The fourth-order valence-corrected chi connectivity index (χ4v) is 1.64. The van der Waals surface area contributed by atoms with Gasteiger partial charge in [-0.15, -0.1) is 0 Å². The van der Waals surface area contributed by atoms with Gasteiger partial charge in [0.15, 0.2) is 0 Å². The number of amides is 2. The van der Waals surface area contributed by atoms with Crippen LogP contribution in [0.25, 0.3) is 0 Å². The molecule has 0 aromatic rings. The Kier molecular flexibility index (Phi) is 4.20. The third-order valence-corrected chi connectivity index (χ3v) is 2.47. The van der Waals surface area contributed by atoms with Crippen LogP contribution in [0.4, 0.5) is 4.79 Å². The van der Waals surface area contributed by atoms with E-state index in [0.717, 1.165) is 25.9 Å². The van der Waals surface area contributed by atoms with Gasteiger partial charge in [-0.05, 0) is 46.8 Å². The highest BCUT2D eigenvalue weighted by atomic mass is 16.2. The van der Waals surface area contributed by atoms with Crippen molar-refractivity contribution < 1.29 is 4.79 Å². The van der Waals surface area contributed by atoms with Gasteiger partial charge in [0, 0.05) is 12.1 Å². The number of nitrogens with one attached hydrogen (secondary N) is 2. The zero-order valence-electron chi connectivity index (χ0n) is 9.34. The molecule has 1 heterocycles. The quantitative estimate of drug-likeness (QED) is 0.690. The van der Waals surface area contributed by atoms with E-state index in [1.165, 1.54) is 0 Å². The SMILES string of the molecule is CC(C)NC(=O)NC1CCN(C)CC1. The number of rotatable bonds is 2. The Hall–Kier alpha value is -0.770. The van der Waals surface area contributed by atoms with Crippen LogP contribution in [0, 0.1) is 0 Å². The minimum atomic E-state index is -0.0328. The molecular formula is C10H21N3O. The maximum Gasteiger partial charge on any atom is 0.315 e. The van der Waals surface area contributed by atoms with Crippen molar-refractivity contribution in [3.63, 3.8) is 0 Å². The van der Waals surface area contributed by atoms with Gasteiger partial charge in [-0.25, -0.2) is 4.79 Å². The maximum atomic E-state index is 11.4. The number of carbonyl (C=O) groups excluding carboxylic acids is 1. The molecule has 0 spiro atoms. The predicted octanol–water partition coefficient (Wildman–Crippen LogP) is 0.788. The van der Waals surface area contributed by atoms with Crippen LogP contribution >= 0.6 is 0 Å². The zero-order valence-corrected chi connectivity index (χ0v) is 9.34. The zero-order chi connectivity index (χ0) is 10.6. The molecule has 82 valence electrons. The van der Waals surface area contributed by atoms with E-state index in [1.54, 1.807) is 0 Å². The van der Waals surface area contributed by atoms with Gasteiger partial charge in [0.2, 0.25) is 0 Å². The third kappa shape index (κ3) is 3.96. The van der Waals surface area contributed by atoms with E-state index < -0.39 is 0 Å². The second kappa shape index (κ2) is 5.20. The Balaban J connectivity index is 2.20. The van der Waals surface area contributed by atoms with Gasteiger partial charge in [-0.1, -0.05) is 0 Å². The first kappa shape index (κ1) is 11.3. The molecule has 0 aliphatic carbocycles. The van der Waals surface area contributed by atoms with Gasteiger partial charge < -0.3 is 15.5 Å². The van der Waals surface area contributed by atoms with E-state index in [2.05, 4.69) is 22.6 Å². The highest BCUT2D eigenvalue weighted by molar-refractivity contribution is 5.74. The maximum absolute atomic E-state index is 11.4. The van der Waals surface area contributed by atoms with Crippen LogP contribution in [0.1, 0.15) is 26.7 Å². The summed E-state index contributed by atoms with van der Waals surface area (Å²) in [7, 11) is 2.12. The minimum absolute atomic E-state index is 0.0328. The standard InChI is InChI=1S/C10H21N3O/c1-8(2)11-10(14)12-9-4-6-13(3)7-5-9/h8-9H,4-7H2,1-3H3,(H2,11,12,14). The lowest BCUT2D eigenvalue weighted by atomic mass is 10.1. The molecule has 1 aliphatic rings. The third-order valence-electron chi connectivity index (χ3n) is 2.47. The Morgan fingerprint density at radius 2 is 1.93 bits per heavy atom. The first-order valence-electron chi connectivity index (χ1n) is 5.33. The van der Waals surface area contributed by atoms with Crippen molar-refractivity contribution in [1.82, 2.24) is 15.5 Å². The normalized spacial score (nSPS) is 19.7. The molecular weight excluding hydrogens is 178 g/mol. The summed E-state index contributed by atoms with van der Waals surface area (Å²) >= 11 is 0. The van der Waals surface area contributed by atoms with Crippen molar-refractivity contribution in [3.8, 4) is 0 Å². The van der Waals surface area contributed by atoms with Crippen LogP contribution in [0.3, 0.4) is 0 Å². The summed E-state index contributed by atoms with van der Waals surface area (Å²) in [6.07, 6.45) is 2.12. The Bertz CT molecular complexity index is 186. The molecule has 0 atom stereocenters. The van der Waals surface area contributed by atoms with Crippen LogP contribution in [0.15, 0.2) is 0 Å². The smallest absolute Gasteiger partial charge is 0.315 e. The highest BCUT2D eigenvalue weighted by Crippen LogP contribution is 2.07. The van der Waals surface area contributed by atoms with Gasteiger partial charge in [-0.2, -0.15) is 0 Å².